The second-order valence-corrected chi connectivity index (χ2v) is 15.2. The van der Waals surface area contributed by atoms with Crippen LogP contribution in [0.2, 0.25) is 0 Å². The van der Waals surface area contributed by atoms with Crippen molar-refractivity contribution in [3.63, 3.8) is 0 Å². The minimum atomic E-state index is -4.75. The molecular formula is C39H44F6N8O4. The number of unbranched alkanes of at least 4 members (excludes halogenated alkanes) is 3. The molecule has 1 saturated heterocycles. The SMILES string of the molecule is CC(=O)c1nn(CC(=O)N2CC(C)(C)C[C@H]2C(=O)Nc2nc(C(F)(F)F)ccc2C)c2c(CCCCCCC(=O)N(C)C(F)(F)F)cc(-c3cnc(C)nc3)cc12. The van der Waals surface area contributed by atoms with Gasteiger partial charge in [0.2, 0.25) is 17.7 Å². The molecule has 0 unspecified atom stereocenters. The van der Waals surface area contributed by atoms with E-state index in [2.05, 4.69) is 25.4 Å². The molecule has 18 heteroatoms. The number of fused-ring (bicyclic) bond motifs is 1. The zero-order chi connectivity index (χ0) is 42.0. The maximum atomic E-state index is 14.2. The molecule has 4 aromatic rings. The lowest BCUT2D eigenvalue weighted by Gasteiger charge is -2.25. The minimum absolute atomic E-state index is 0.100. The molecule has 3 aromatic heterocycles. The predicted molar refractivity (Wildman–Crippen MR) is 198 cm³/mol. The number of Topliss-reactive ketones (excluding diaryl/α,β-unsaturated/α-hetero) is 1. The molecule has 1 fully saturated rings. The molecule has 1 aromatic carbocycles. The van der Waals surface area contributed by atoms with Crippen LogP contribution in [-0.2, 0) is 33.5 Å². The summed E-state index contributed by atoms with van der Waals surface area (Å²) in [6.45, 7) is 8.10. The molecule has 1 atom stereocenters. The number of hydrogen-bond acceptors (Lipinski definition) is 8. The Morgan fingerprint density at radius 1 is 0.947 bits per heavy atom. The van der Waals surface area contributed by atoms with Crippen molar-refractivity contribution in [1.29, 1.82) is 0 Å². The Bertz CT molecular complexity index is 2160. The number of amides is 3. The number of pyridine rings is 1. The molecule has 4 heterocycles. The van der Waals surface area contributed by atoms with Gasteiger partial charge in [-0.3, -0.25) is 28.8 Å². The number of benzene rings is 1. The third-order valence-corrected chi connectivity index (χ3v) is 9.97. The molecule has 1 aliphatic heterocycles. The van der Waals surface area contributed by atoms with Gasteiger partial charge in [-0.05, 0) is 79.8 Å². The molecule has 1 aliphatic rings. The van der Waals surface area contributed by atoms with E-state index in [0.717, 1.165) is 6.07 Å². The second kappa shape index (κ2) is 16.6. The summed E-state index contributed by atoms with van der Waals surface area (Å²) in [5, 5.41) is 7.54. The van der Waals surface area contributed by atoms with Gasteiger partial charge in [0, 0.05) is 50.3 Å². The first-order chi connectivity index (χ1) is 26.6. The third kappa shape index (κ3) is 10.1. The fourth-order valence-corrected chi connectivity index (χ4v) is 6.93. The van der Waals surface area contributed by atoms with Gasteiger partial charge in [0.05, 0.1) is 5.52 Å². The number of hydrogen-bond donors (Lipinski definition) is 1. The summed E-state index contributed by atoms with van der Waals surface area (Å²) in [5.41, 5.74) is 1.25. The third-order valence-electron chi connectivity index (χ3n) is 9.97. The topological polar surface area (TPSA) is 143 Å². The number of aryl methyl sites for hydroxylation is 3. The Morgan fingerprint density at radius 3 is 2.25 bits per heavy atom. The van der Waals surface area contributed by atoms with Crippen molar-refractivity contribution in [1.82, 2.24) is 34.5 Å². The van der Waals surface area contributed by atoms with Crippen LogP contribution < -0.4 is 5.32 Å². The smallest absolute Gasteiger partial charge is 0.328 e. The highest BCUT2D eigenvalue weighted by Crippen LogP contribution is 2.37. The van der Waals surface area contributed by atoms with Gasteiger partial charge in [-0.15, -0.1) is 13.2 Å². The summed E-state index contributed by atoms with van der Waals surface area (Å²) in [6, 6.07) is 4.62. The largest absolute Gasteiger partial charge is 0.486 e. The monoisotopic (exact) mass is 802 g/mol. The molecule has 0 aliphatic carbocycles. The lowest BCUT2D eigenvalue weighted by molar-refractivity contribution is -0.233. The van der Waals surface area contributed by atoms with Crippen molar-refractivity contribution in [2.75, 3.05) is 18.9 Å². The van der Waals surface area contributed by atoms with Crippen LogP contribution >= 0.6 is 0 Å². The molecule has 0 bridgehead atoms. The highest BCUT2D eigenvalue weighted by atomic mass is 19.4. The molecule has 3 amide bonds. The second-order valence-electron chi connectivity index (χ2n) is 15.2. The zero-order valence-electron chi connectivity index (χ0n) is 32.4. The van der Waals surface area contributed by atoms with Gasteiger partial charge in [0.1, 0.15) is 35.6 Å². The van der Waals surface area contributed by atoms with E-state index in [1.54, 1.807) is 25.4 Å². The summed E-state index contributed by atoms with van der Waals surface area (Å²) < 4.78 is 80.4. The normalized spacial score (nSPS) is 15.6. The van der Waals surface area contributed by atoms with E-state index in [9.17, 15) is 45.5 Å². The summed E-state index contributed by atoms with van der Waals surface area (Å²) in [6.07, 6.45) is -4.00. The van der Waals surface area contributed by atoms with E-state index >= 15 is 0 Å². The highest BCUT2D eigenvalue weighted by Gasteiger charge is 2.44. The minimum Gasteiger partial charge on any atom is -0.328 e. The van der Waals surface area contributed by atoms with Gasteiger partial charge in [0.15, 0.2) is 5.78 Å². The first-order valence-corrected chi connectivity index (χ1v) is 18.4. The Kier molecular flexibility index (Phi) is 12.4. The van der Waals surface area contributed by atoms with Gasteiger partial charge in [0.25, 0.3) is 0 Å². The molecule has 1 N–H and O–H groups in total. The number of nitrogens with zero attached hydrogens (tertiary/aromatic N) is 7. The molecule has 12 nitrogen and oxygen atoms in total. The molecular weight excluding hydrogens is 758 g/mol. The summed E-state index contributed by atoms with van der Waals surface area (Å²) in [5.74, 6) is -2.32. The van der Waals surface area contributed by atoms with E-state index in [4.69, 9.17) is 0 Å². The van der Waals surface area contributed by atoms with Gasteiger partial charge in [-0.25, -0.2) is 15.0 Å². The van der Waals surface area contributed by atoms with Crippen LogP contribution in [0.5, 0.6) is 0 Å². The molecule has 306 valence electrons. The van der Waals surface area contributed by atoms with Crippen LogP contribution in [0.4, 0.5) is 32.2 Å². The quantitative estimate of drug-likeness (QED) is 0.0636. The van der Waals surface area contributed by atoms with Crippen molar-refractivity contribution in [2.24, 2.45) is 5.41 Å². The van der Waals surface area contributed by atoms with Gasteiger partial charge < -0.3 is 10.2 Å². The van der Waals surface area contributed by atoms with Crippen LogP contribution in [0.1, 0.15) is 92.4 Å². The maximum Gasteiger partial charge on any atom is 0.486 e. The van der Waals surface area contributed by atoms with E-state index in [1.165, 1.54) is 29.5 Å². The number of halogens is 6. The number of rotatable bonds is 13. The first-order valence-electron chi connectivity index (χ1n) is 18.4. The Balaban J connectivity index is 1.43. The lowest BCUT2D eigenvalue weighted by atomic mass is 9.90. The highest BCUT2D eigenvalue weighted by molar-refractivity contribution is 6.07. The zero-order valence-corrected chi connectivity index (χ0v) is 32.4. The van der Waals surface area contributed by atoms with Crippen molar-refractivity contribution >= 4 is 40.2 Å². The van der Waals surface area contributed by atoms with Crippen LogP contribution in [0.25, 0.3) is 22.0 Å². The number of likely N-dealkylation sites (tertiary alicyclic amines) is 1. The van der Waals surface area contributed by atoms with Crippen LogP contribution in [0.15, 0.2) is 36.7 Å². The Morgan fingerprint density at radius 2 is 1.61 bits per heavy atom. The first kappa shape index (κ1) is 42.7. The van der Waals surface area contributed by atoms with Crippen LogP contribution in [0, 0.1) is 19.3 Å². The fourth-order valence-electron chi connectivity index (χ4n) is 6.93. The number of carbonyl (C=O) groups excluding carboxylic acids is 4. The van der Waals surface area contributed by atoms with Gasteiger partial charge >= 0.3 is 12.5 Å². The average molecular weight is 803 g/mol. The number of aromatic nitrogens is 5. The maximum absolute atomic E-state index is 14.2. The Hall–Kier alpha value is -5.42. The van der Waals surface area contributed by atoms with Crippen molar-refractivity contribution < 1.29 is 45.5 Å². The molecule has 0 radical (unpaired) electrons. The number of nitrogens with one attached hydrogen (secondary N) is 1. The van der Waals surface area contributed by atoms with E-state index in [0.29, 0.717) is 71.7 Å². The summed E-state index contributed by atoms with van der Waals surface area (Å²) in [4.78, 5) is 66.2. The van der Waals surface area contributed by atoms with Crippen LogP contribution in [-0.4, -0.2) is 84.0 Å². The number of carbonyl (C=O) groups is 4. The van der Waals surface area contributed by atoms with E-state index < -0.39 is 47.3 Å². The summed E-state index contributed by atoms with van der Waals surface area (Å²) >= 11 is 0. The fraction of sp³-hybridized carbons (Fsp3) is 0.487. The van der Waals surface area contributed by atoms with Crippen molar-refractivity contribution in [2.45, 2.75) is 105 Å². The molecule has 0 spiro atoms. The lowest BCUT2D eigenvalue weighted by Crippen LogP contribution is -2.45. The van der Waals surface area contributed by atoms with E-state index in [1.807, 2.05) is 19.9 Å². The number of ketones is 1. The van der Waals surface area contributed by atoms with Crippen LogP contribution in [0.3, 0.4) is 0 Å². The van der Waals surface area contributed by atoms with E-state index in [-0.39, 0.29) is 54.5 Å². The average Bonchev–Trinajstić information content (AvgIpc) is 3.66. The number of anilines is 1. The predicted octanol–water partition coefficient (Wildman–Crippen LogP) is 7.46. The van der Waals surface area contributed by atoms with Crippen molar-refractivity contribution in [3.8, 4) is 11.1 Å². The standard InChI is InChI=1S/C39H44F6N8O4/c1-22-13-14-30(38(40,41)42)48-35(22)49-36(57)29-17-37(4,5)21-52(29)32(56)20-53-34-25(11-9-7-8-10-12-31(55)51(6)39(43,44)45)15-26(27-18-46-24(3)47-19-27)16-28(34)33(50-53)23(2)54/h13-16,18-19,29H,7-12,17,20-21H2,1-6H3,(H,48,49,57)/t29-/m0/s1. The van der Waals surface area contributed by atoms with Gasteiger partial charge in [-0.1, -0.05) is 32.8 Å². The Labute approximate surface area is 325 Å². The molecule has 57 heavy (non-hydrogen) atoms. The van der Waals surface area contributed by atoms with Gasteiger partial charge in [-0.2, -0.15) is 18.3 Å². The van der Waals surface area contributed by atoms with Crippen molar-refractivity contribution in [3.05, 3.63) is 65.0 Å². The molecule has 0 saturated carbocycles. The number of alkyl halides is 6. The molecule has 5 rings (SSSR count). The summed E-state index contributed by atoms with van der Waals surface area (Å²) in [7, 11) is 0.696.